The van der Waals surface area contributed by atoms with E-state index in [0.29, 0.717) is 60.7 Å². The van der Waals surface area contributed by atoms with Crippen LogP contribution in [-0.4, -0.2) is 90.9 Å². The molecule has 0 radical (unpaired) electrons. The molecule has 0 bridgehead atoms. The number of hydrogen-bond donors (Lipinski definition) is 0. The maximum Gasteiger partial charge on any atom is 0.333 e. The van der Waals surface area contributed by atoms with Crippen LogP contribution >= 0.6 is 0 Å². The summed E-state index contributed by atoms with van der Waals surface area (Å²) in [5.41, 5.74) is 4.99. The van der Waals surface area contributed by atoms with Crippen LogP contribution < -0.4 is 4.90 Å². The Hall–Kier alpha value is -4.79. The summed E-state index contributed by atoms with van der Waals surface area (Å²) < 4.78 is 108. The third-order valence-corrected chi connectivity index (χ3v) is 14.5. The van der Waals surface area contributed by atoms with Crippen molar-refractivity contribution in [2.45, 2.75) is 119 Å². The van der Waals surface area contributed by atoms with Gasteiger partial charge in [-0.1, -0.05) is 32.1 Å². The summed E-state index contributed by atoms with van der Waals surface area (Å²) in [7, 11) is -13.9. The molecule has 0 atom stereocenters. The number of fused-ring (bicyclic) bond motifs is 2. The SMILES string of the molecule is CC1(C)C(=CC=C2C=C(C=CC3=[N+](CCCCCC(=O)ON4C(=O)CCC4=O)c4ccc(S(=O)(=O)[O-])cc4C3(C)C)CCC2)N(CCCCS(=O)(=O)[O-])c2ccc(S(=O)(=O)[O-])cc21. The highest BCUT2D eigenvalue weighted by Crippen LogP contribution is 2.49. The molecule has 1 saturated heterocycles. The fourth-order valence-corrected chi connectivity index (χ4v) is 10.2. The summed E-state index contributed by atoms with van der Waals surface area (Å²) in [6.07, 6.45) is 14.6. The number of benzene rings is 2. The fraction of sp³-hybridized carbons (Fsp3) is 0.455. The molecule has 3 aliphatic heterocycles. The van der Waals surface area contributed by atoms with E-state index in [1.54, 1.807) is 12.1 Å². The molecule has 340 valence electrons. The molecule has 2 aromatic carbocycles. The minimum Gasteiger partial charge on any atom is -0.748 e. The molecule has 0 N–H and O–H groups in total. The van der Waals surface area contributed by atoms with E-state index in [-0.39, 0.29) is 35.5 Å². The Labute approximate surface area is 368 Å². The van der Waals surface area contributed by atoms with Crippen LogP contribution in [0.2, 0.25) is 0 Å². The van der Waals surface area contributed by atoms with Crippen molar-refractivity contribution in [1.82, 2.24) is 5.06 Å². The van der Waals surface area contributed by atoms with E-state index in [2.05, 4.69) is 10.7 Å². The fourth-order valence-electron chi connectivity index (χ4n) is 8.69. The van der Waals surface area contributed by atoms with E-state index in [4.69, 9.17) is 4.84 Å². The van der Waals surface area contributed by atoms with Crippen molar-refractivity contribution in [3.05, 3.63) is 94.7 Å². The Morgan fingerprint density at radius 3 is 2.06 bits per heavy atom. The average Bonchev–Trinajstić information content (AvgIpc) is 3.71. The third-order valence-electron chi connectivity index (χ3n) is 12.0. The monoisotopic (exact) mass is 925 g/mol. The van der Waals surface area contributed by atoms with E-state index in [0.717, 1.165) is 47.5 Å². The molecule has 63 heavy (non-hydrogen) atoms. The zero-order chi connectivity index (χ0) is 46.1. The Balaban J connectivity index is 1.25. The molecule has 2 amide bonds. The Bertz CT molecular complexity index is 2690. The maximum atomic E-state index is 12.4. The third kappa shape index (κ3) is 10.9. The topological polar surface area (TPSA) is 242 Å². The number of unbranched alkanes of at least 4 members (excludes halogenated alkanes) is 3. The van der Waals surface area contributed by atoms with E-state index < -0.39 is 64.7 Å². The van der Waals surface area contributed by atoms with Gasteiger partial charge in [0.05, 0.1) is 25.3 Å². The summed E-state index contributed by atoms with van der Waals surface area (Å²) in [5.74, 6) is -2.27. The van der Waals surface area contributed by atoms with Crippen LogP contribution in [0, 0.1) is 0 Å². The molecular formula is C44H51N3O13S3-2. The zero-order valence-corrected chi connectivity index (χ0v) is 38.1. The van der Waals surface area contributed by atoms with Gasteiger partial charge in [-0.05, 0) is 112 Å². The first-order chi connectivity index (χ1) is 29.4. The predicted octanol–water partition coefficient (Wildman–Crippen LogP) is 5.64. The van der Waals surface area contributed by atoms with Gasteiger partial charge < -0.3 is 23.4 Å². The first-order valence-electron chi connectivity index (χ1n) is 20.8. The average molecular weight is 926 g/mol. The second-order valence-corrected chi connectivity index (χ2v) is 21.5. The lowest BCUT2D eigenvalue weighted by Crippen LogP contribution is -2.31. The smallest absolute Gasteiger partial charge is 0.333 e. The quantitative estimate of drug-likeness (QED) is 0.0808. The highest BCUT2D eigenvalue weighted by molar-refractivity contribution is 7.86. The lowest BCUT2D eigenvalue weighted by atomic mass is 9.81. The summed E-state index contributed by atoms with van der Waals surface area (Å²) in [6, 6.07) is 8.58. The second-order valence-electron chi connectivity index (χ2n) is 17.2. The number of hydrogen-bond acceptors (Lipinski definition) is 14. The van der Waals surface area contributed by atoms with E-state index in [9.17, 15) is 53.3 Å². The minimum atomic E-state index is -4.74. The molecule has 0 unspecified atom stereocenters. The number of carbonyl (C=O) groups excluding carboxylic acids is 3. The number of anilines is 1. The van der Waals surface area contributed by atoms with Crippen molar-refractivity contribution in [1.29, 1.82) is 0 Å². The molecule has 3 heterocycles. The van der Waals surface area contributed by atoms with E-state index >= 15 is 0 Å². The Morgan fingerprint density at radius 2 is 1.41 bits per heavy atom. The number of hydroxylamine groups is 2. The van der Waals surface area contributed by atoms with Gasteiger partial charge in [0, 0.05) is 72.5 Å². The van der Waals surface area contributed by atoms with Gasteiger partial charge in [-0.3, -0.25) is 9.59 Å². The molecular weight excluding hydrogens is 875 g/mol. The minimum absolute atomic E-state index is 0.00510. The standard InChI is InChI=1S/C44H53N3O13S3/c1-43(2)34-28-32(62(54,55)56)16-18-36(34)45(24-7-5-6-13-42(50)60-47-40(48)22-23-41(47)49)38(43)20-14-30-11-10-12-31(27-30)15-21-39-44(3,4)35-29-33(63(57,58)59)17-19-37(35)46(39)25-8-9-26-61(51,52)53/h14-21,27-29H,5-13,22-26H2,1-4H3,(H2-,51,52,53,54,55,56,57,58,59)/p-2. The zero-order valence-electron chi connectivity index (χ0n) is 35.6. The van der Waals surface area contributed by atoms with E-state index in [1.165, 1.54) is 24.3 Å². The second kappa shape index (κ2) is 18.4. The number of rotatable bonds is 17. The molecule has 0 saturated carbocycles. The molecule has 6 rings (SSSR count). The van der Waals surface area contributed by atoms with Crippen molar-refractivity contribution < 1.29 is 62.7 Å². The summed E-state index contributed by atoms with van der Waals surface area (Å²) in [5, 5.41) is 0.530. The van der Waals surface area contributed by atoms with Crippen LogP contribution in [0.3, 0.4) is 0 Å². The van der Waals surface area contributed by atoms with Crippen LogP contribution in [0.1, 0.15) is 109 Å². The number of carbonyl (C=O) groups is 3. The number of nitrogens with zero attached hydrogens (tertiary/aromatic N) is 3. The highest BCUT2D eigenvalue weighted by atomic mass is 32.2. The van der Waals surface area contributed by atoms with Crippen molar-refractivity contribution in [2.75, 3.05) is 23.7 Å². The van der Waals surface area contributed by atoms with Gasteiger partial charge in [0.1, 0.15) is 26.8 Å². The number of imide groups is 1. The summed E-state index contributed by atoms with van der Waals surface area (Å²) in [4.78, 5) is 42.3. The van der Waals surface area contributed by atoms with Gasteiger partial charge in [0.2, 0.25) is 5.69 Å². The lowest BCUT2D eigenvalue weighted by molar-refractivity contribution is -0.438. The lowest BCUT2D eigenvalue weighted by Gasteiger charge is -2.27. The number of amides is 2. The van der Waals surface area contributed by atoms with Crippen molar-refractivity contribution in [3.8, 4) is 0 Å². The van der Waals surface area contributed by atoms with Crippen LogP contribution in [0.4, 0.5) is 11.4 Å². The molecule has 19 heteroatoms. The number of allylic oxidation sites excluding steroid dienone is 8. The maximum absolute atomic E-state index is 12.4. The molecule has 0 aromatic heterocycles. The van der Waals surface area contributed by atoms with Crippen molar-refractivity contribution in [3.63, 3.8) is 0 Å². The first kappa shape index (κ1) is 47.7. The molecule has 4 aliphatic rings. The highest BCUT2D eigenvalue weighted by Gasteiger charge is 2.45. The largest absolute Gasteiger partial charge is 0.748 e. The van der Waals surface area contributed by atoms with E-state index in [1.807, 2.05) is 56.9 Å². The van der Waals surface area contributed by atoms with Gasteiger partial charge in [-0.2, -0.15) is 4.58 Å². The van der Waals surface area contributed by atoms with Gasteiger partial charge in [0.25, 0.3) is 11.8 Å². The van der Waals surface area contributed by atoms with Gasteiger partial charge in [0.15, 0.2) is 5.71 Å². The van der Waals surface area contributed by atoms with Crippen LogP contribution in [0.25, 0.3) is 0 Å². The predicted molar refractivity (Wildman–Crippen MR) is 229 cm³/mol. The van der Waals surface area contributed by atoms with Gasteiger partial charge >= 0.3 is 5.97 Å². The van der Waals surface area contributed by atoms with Gasteiger partial charge in [-0.25, -0.2) is 30.0 Å². The molecule has 1 fully saturated rings. The normalized spacial score (nSPS) is 20.0. The van der Waals surface area contributed by atoms with Crippen molar-refractivity contribution >= 4 is 65.2 Å². The van der Waals surface area contributed by atoms with Crippen molar-refractivity contribution in [2.24, 2.45) is 0 Å². The molecule has 2 aromatic rings. The first-order valence-corrected chi connectivity index (χ1v) is 25.2. The van der Waals surface area contributed by atoms with Gasteiger partial charge in [-0.15, -0.1) is 5.06 Å². The van der Waals surface area contributed by atoms with Crippen LogP contribution in [0.5, 0.6) is 0 Å². The summed E-state index contributed by atoms with van der Waals surface area (Å²) in [6.45, 7) is 8.59. The summed E-state index contributed by atoms with van der Waals surface area (Å²) >= 11 is 0. The Kier molecular flexibility index (Phi) is 13.9. The molecule has 16 nitrogen and oxygen atoms in total. The molecule has 0 spiro atoms. The van der Waals surface area contributed by atoms with Crippen LogP contribution in [0.15, 0.2) is 93.4 Å². The molecule has 1 aliphatic carbocycles. The Morgan fingerprint density at radius 1 is 0.762 bits per heavy atom. The van der Waals surface area contributed by atoms with Crippen LogP contribution in [-0.2, 0) is 60.4 Å².